The molecule has 7 nitrogen and oxygen atoms in total. The highest BCUT2D eigenvalue weighted by Crippen LogP contribution is 2.27. The van der Waals surface area contributed by atoms with Crippen molar-refractivity contribution in [3.63, 3.8) is 0 Å². The van der Waals surface area contributed by atoms with E-state index in [1.54, 1.807) is 29.2 Å². The molecule has 0 radical (unpaired) electrons. The number of hydrogen-bond donors (Lipinski definition) is 0. The molecule has 1 amide bonds. The molecule has 7 heteroatoms. The Balaban J connectivity index is 1.81. The van der Waals surface area contributed by atoms with E-state index in [1.165, 1.54) is 12.1 Å². The van der Waals surface area contributed by atoms with Gasteiger partial charge in [0.15, 0.2) is 0 Å². The number of carbonyl (C=O) groups is 1. The van der Waals surface area contributed by atoms with Gasteiger partial charge in [-0.1, -0.05) is 20.8 Å². The average Bonchev–Trinajstić information content (AvgIpc) is 3.05. The van der Waals surface area contributed by atoms with Crippen LogP contribution in [0.25, 0.3) is 5.69 Å². The van der Waals surface area contributed by atoms with E-state index in [1.807, 2.05) is 4.90 Å². The summed E-state index contributed by atoms with van der Waals surface area (Å²) in [6.07, 6.45) is 6.48. The summed E-state index contributed by atoms with van der Waals surface area (Å²) in [7, 11) is 0. The minimum Gasteiger partial charge on any atom is -0.335 e. The van der Waals surface area contributed by atoms with Crippen LogP contribution >= 0.6 is 0 Å². The third kappa shape index (κ3) is 4.18. The van der Waals surface area contributed by atoms with Gasteiger partial charge < -0.3 is 4.90 Å². The molecule has 144 valence electrons. The standard InChI is InChI=1S/C20H26N4O3/c1-14(2)19-9-4-15(3)10-11-22(19)20(25)16-12-21-23(13-16)17-5-7-18(8-6-17)24(26)27/h5-8,12-15,19H,4,9-11H2,1-3H3. The Morgan fingerprint density at radius 1 is 1.22 bits per heavy atom. The molecule has 27 heavy (non-hydrogen) atoms. The lowest BCUT2D eigenvalue weighted by Gasteiger charge is -2.32. The molecule has 3 rings (SSSR count). The molecule has 2 unspecified atom stereocenters. The smallest absolute Gasteiger partial charge is 0.269 e. The molecule has 1 aliphatic rings. The summed E-state index contributed by atoms with van der Waals surface area (Å²) in [5.41, 5.74) is 1.26. The maximum Gasteiger partial charge on any atom is 0.269 e. The molecular formula is C20H26N4O3. The zero-order chi connectivity index (χ0) is 19.6. The van der Waals surface area contributed by atoms with Gasteiger partial charge in [0.25, 0.3) is 11.6 Å². The Morgan fingerprint density at radius 2 is 1.93 bits per heavy atom. The molecule has 2 aromatic rings. The van der Waals surface area contributed by atoms with Crippen molar-refractivity contribution in [1.82, 2.24) is 14.7 Å². The molecule has 2 heterocycles. The second-order valence-electron chi connectivity index (χ2n) is 7.73. The fourth-order valence-electron chi connectivity index (χ4n) is 3.69. The number of hydrogen-bond acceptors (Lipinski definition) is 4. The third-order valence-electron chi connectivity index (χ3n) is 5.40. The van der Waals surface area contributed by atoms with Gasteiger partial charge in [0.05, 0.1) is 22.4 Å². The van der Waals surface area contributed by atoms with E-state index >= 15 is 0 Å². The second kappa shape index (κ2) is 7.90. The van der Waals surface area contributed by atoms with Gasteiger partial charge in [0.2, 0.25) is 0 Å². The molecule has 0 bridgehead atoms. The average molecular weight is 370 g/mol. The molecule has 1 fully saturated rings. The van der Waals surface area contributed by atoms with E-state index in [9.17, 15) is 14.9 Å². The molecule has 0 saturated carbocycles. The lowest BCUT2D eigenvalue weighted by molar-refractivity contribution is -0.384. The maximum atomic E-state index is 13.1. The highest BCUT2D eigenvalue weighted by Gasteiger charge is 2.30. The third-order valence-corrected chi connectivity index (χ3v) is 5.40. The van der Waals surface area contributed by atoms with Crippen LogP contribution < -0.4 is 0 Å². The van der Waals surface area contributed by atoms with Gasteiger partial charge in [-0.2, -0.15) is 5.10 Å². The van der Waals surface area contributed by atoms with E-state index in [-0.39, 0.29) is 17.6 Å². The second-order valence-corrected chi connectivity index (χ2v) is 7.73. The predicted molar refractivity (Wildman–Crippen MR) is 103 cm³/mol. The zero-order valence-corrected chi connectivity index (χ0v) is 16.0. The van der Waals surface area contributed by atoms with Crippen LogP contribution in [-0.2, 0) is 0 Å². The first-order valence-electron chi connectivity index (χ1n) is 9.47. The van der Waals surface area contributed by atoms with Gasteiger partial charge in [-0.3, -0.25) is 14.9 Å². The first-order valence-corrected chi connectivity index (χ1v) is 9.47. The van der Waals surface area contributed by atoms with Crippen LogP contribution in [0.4, 0.5) is 5.69 Å². The Hall–Kier alpha value is -2.70. The largest absolute Gasteiger partial charge is 0.335 e. The van der Waals surface area contributed by atoms with Crippen LogP contribution in [0.1, 0.15) is 50.4 Å². The number of nitrogens with zero attached hydrogens (tertiary/aromatic N) is 4. The summed E-state index contributed by atoms with van der Waals surface area (Å²) in [4.78, 5) is 25.5. The van der Waals surface area contributed by atoms with Crippen molar-refractivity contribution in [3.8, 4) is 5.69 Å². The van der Waals surface area contributed by atoms with Crippen molar-refractivity contribution in [2.24, 2.45) is 11.8 Å². The fourth-order valence-corrected chi connectivity index (χ4v) is 3.69. The van der Waals surface area contributed by atoms with E-state index in [4.69, 9.17) is 0 Å². The number of nitro groups is 1. The zero-order valence-electron chi connectivity index (χ0n) is 16.0. The number of amides is 1. The molecule has 2 atom stereocenters. The number of benzene rings is 1. The summed E-state index contributed by atoms with van der Waals surface area (Å²) < 4.78 is 1.59. The summed E-state index contributed by atoms with van der Waals surface area (Å²) in [6, 6.07) is 6.37. The van der Waals surface area contributed by atoms with Crippen LogP contribution in [-0.4, -0.2) is 38.1 Å². The Kier molecular flexibility index (Phi) is 5.58. The summed E-state index contributed by atoms with van der Waals surface area (Å²) >= 11 is 0. The SMILES string of the molecule is CC1CCC(C(C)C)N(C(=O)c2cnn(-c3ccc([N+](=O)[O-])cc3)c2)CC1. The van der Waals surface area contributed by atoms with Crippen molar-refractivity contribution in [3.05, 3.63) is 52.3 Å². The molecule has 1 aliphatic heterocycles. The Morgan fingerprint density at radius 3 is 2.56 bits per heavy atom. The summed E-state index contributed by atoms with van der Waals surface area (Å²) in [5, 5.41) is 15.1. The van der Waals surface area contributed by atoms with Crippen LogP contribution in [0.2, 0.25) is 0 Å². The highest BCUT2D eigenvalue weighted by atomic mass is 16.6. The quantitative estimate of drug-likeness (QED) is 0.600. The molecule has 1 aromatic heterocycles. The molecule has 1 aromatic carbocycles. The van der Waals surface area contributed by atoms with Gasteiger partial charge in [-0.15, -0.1) is 0 Å². The maximum absolute atomic E-state index is 13.1. The van der Waals surface area contributed by atoms with E-state index in [0.29, 0.717) is 23.1 Å². The summed E-state index contributed by atoms with van der Waals surface area (Å²) in [5.74, 6) is 1.05. The molecular weight excluding hydrogens is 344 g/mol. The van der Waals surface area contributed by atoms with Gasteiger partial charge in [0, 0.05) is 30.9 Å². The van der Waals surface area contributed by atoms with Crippen LogP contribution in [0.15, 0.2) is 36.7 Å². The van der Waals surface area contributed by atoms with E-state index < -0.39 is 4.92 Å². The first kappa shape index (κ1) is 19.1. The van der Waals surface area contributed by atoms with Gasteiger partial charge >= 0.3 is 0 Å². The Labute approximate surface area is 159 Å². The minimum atomic E-state index is -0.436. The number of non-ortho nitro benzene ring substituents is 1. The number of nitro benzene ring substituents is 1. The number of aromatic nitrogens is 2. The number of likely N-dealkylation sites (tertiary alicyclic amines) is 1. The predicted octanol–water partition coefficient (Wildman–Crippen LogP) is 4.07. The minimum absolute atomic E-state index is 0.0101. The van der Waals surface area contributed by atoms with Crippen molar-refractivity contribution < 1.29 is 9.72 Å². The van der Waals surface area contributed by atoms with E-state index in [2.05, 4.69) is 25.9 Å². The van der Waals surface area contributed by atoms with Crippen molar-refractivity contribution in [1.29, 1.82) is 0 Å². The molecule has 1 saturated heterocycles. The van der Waals surface area contributed by atoms with Crippen molar-refractivity contribution >= 4 is 11.6 Å². The lowest BCUT2D eigenvalue weighted by atomic mass is 9.95. The summed E-state index contributed by atoms with van der Waals surface area (Å²) in [6.45, 7) is 7.35. The van der Waals surface area contributed by atoms with Crippen LogP contribution in [0.5, 0.6) is 0 Å². The van der Waals surface area contributed by atoms with Gasteiger partial charge in [-0.05, 0) is 43.2 Å². The Bertz CT molecular complexity index is 813. The van der Waals surface area contributed by atoms with Crippen molar-refractivity contribution in [2.45, 2.75) is 46.1 Å². The fraction of sp³-hybridized carbons (Fsp3) is 0.500. The van der Waals surface area contributed by atoms with Gasteiger partial charge in [-0.25, -0.2) is 4.68 Å². The normalized spacial score (nSPS) is 20.5. The highest BCUT2D eigenvalue weighted by molar-refractivity contribution is 5.94. The molecule has 0 aliphatic carbocycles. The first-order chi connectivity index (χ1) is 12.9. The van der Waals surface area contributed by atoms with Crippen LogP contribution in [0.3, 0.4) is 0 Å². The number of carbonyl (C=O) groups excluding carboxylic acids is 1. The number of rotatable bonds is 4. The lowest BCUT2D eigenvalue weighted by Crippen LogP contribution is -2.42. The molecule has 0 spiro atoms. The van der Waals surface area contributed by atoms with Gasteiger partial charge in [0.1, 0.15) is 0 Å². The van der Waals surface area contributed by atoms with Crippen LogP contribution in [0, 0.1) is 22.0 Å². The topological polar surface area (TPSA) is 81.3 Å². The molecule has 0 N–H and O–H groups in total. The van der Waals surface area contributed by atoms with E-state index in [0.717, 1.165) is 25.8 Å². The monoisotopic (exact) mass is 370 g/mol. The van der Waals surface area contributed by atoms with Crippen molar-refractivity contribution in [2.75, 3.05) is 6.54 Å².